The Balaban J connectivity index is 2.89. The van der Waals surface area contributed by atoms with Crippen molar-refractivity contribution in [2.24, 2.45) is 11.6 Å². The molecule has 0 aliphatic rings. The Morgan fingerprint density at radius 2 is 1.95 bits per heavy atom. The Hall–Kier alpha value is -2.16. The molecule has 0 fully saturated rings. The number of primary amides is 1. The molecule has 0 saturated heterocycles. The molecule has 0 bridgehead atoms. The van der Waals surface area contributed by atoms with Gasteiger partial charge in [-0.25, -0.2) is 5.84 Å². The molecule has 0 spiro atoms. The molecule has 8 heteroatoms. The van der Waals surface area contributed by atoms with Crippen molar-refractivity contribution in [1.82, 2.24) is 5.43 Å². The first-order chi connectivity index (χ1) is 8.97. The highest BCUT2D eigenvalue weighted by atomic mass is 16.5. The molecule has 19 heavy (non-hydrogen) atoms. The highest BCUT2D eigenvalue weighted by molar-refractivity contribution is 5.79. The third-order valence-corrected chi connectivity index (χ3v) is 2.35. The third-order valence-electron chi connectivity index (χ3n) is 2.35. The second kappa shape index (κ2) is 6.69. The number of hydrogen-bond donors (Lipinski definition) is 5. The Labute approximate surface area is 108 Å². The molecule has 0 aliphatic heterocycles. The topological polar surface area (TPSA) is 148 Å². The number of carbonyl (C=O) groups is 2. The van der Waals surface area contributed by atoms with Crippen LogP contribution in [0.2, 0.25) is 0 Å². The van der Waals surface area contributed by atoms with Crippen molar-refractivity contribution >= 4 is 11.8 Å². The van der Waals surface area contributed by atoms with Gasteiger partial charge in [-0.05, 0) is 6.07 Å². The van der Waals surface area contributed by atoms with Crippen molar-refractivity contribution in [3.63, 3.8) is 0 Å². The van der Waals surface area contributed by atoms with E-state index < -0.39 is 24.0 Å². The van der Waals surface area contributed by atoms with Crippen molar-refractivity contribution in [3.05, 3.63) is 29.8 Å². The van der Waals surface area contributed by atoms with Crippen LogP contribution >= 0.6 is 0 Å². The molecular weight excluding hydrogens is 254 g/mol. The van der Waals surface area contributed by atoms with Crippen LogP contribution in [-0.4, -0.2) is 34.7 Å². The van der Waals surface area contributed by atoms with Gasteiger partial charge in [-0.15, -0.1) is 0 Å². The van der Waals surface area contributed by atoms with E-state index in [0.717, 1.165) is 0 Å². The maximum atomic E-state index is 11.0. The standard InChI is InChI=1S/C11H15N3O5/c12-11(18)10(17)9(16)6-3-1-2-4-7(6)19-5-8(15)14-13/h1-4,9-10,16-17H,5,13H2,(H2,12,18)(H,14,15). The van der Waals surface area contributed by atoms with Crippen molar-refractivity contribution in [1.29, 1.82) is 0 Å². The second-order valence-corrected chi connectivity index (χ2v) is 3.69. The monoisotopic (exact) mass is 269 g/mol. The van der Waals surface area contributed by atoms with E-state index in [1.54, 1.807) is 12.1 Å². The van der Waals surface area contributed by atoms with Crippen molar-refractivity contribution in [2.75, 3.05) is 6.61 Å². The zero-order chi connectivity index (χ0) is 14.4. The summed E-state index contributed by atoms with van der Waals surface area (Å²) in [6.07, 6.45) is -3.32. The van der Waals surface area contributed by atoms with Crippen molar-refractivity contribution < 1.29 is 24.5 Å². The normalized spacial score (nSPS) is 13.4. The Morgan fingerprint density at radius 3 is 2.53 bits per heavy atom. The van der Waals surface area contributed by atoms with Crippen LogP contribution in [0.5, 0.6) is 5.75 Å². The van der Waals surface area contributed by atoms with E-state index in [2.05, 4.69) is 0 Å². The van der Waals surface area contributed by atoms with Crippen LogP contribution in [0, 0.1) is 0 Å². The summed E-state index contributed by atoms with van der Waals surface area (Å²) < 4.78 is 5.13. The van der Waals surface area contributed by atoms with Crippen LogP contribution < -0.4 is 21.7 Å². The van der Waals surface area contributed by atoms with Gasteiger partial charge in [0.2, 0.25) is 5.91 Å². The minimum absolute atomic E-state index is 0.138. The Bertz CT molecular complexity index is 465. The molecule has 0 saturated carbocycles. The predicted molar refractivity (Wildman–Crippen MR) is 64.4 cm³/mol. The second-order valence-electron chi connectivity index (χ2n) is 3.69. The number of ether oxygens (including phenoxy) is 1. The van der Waals surface area contributed by atoms with E-state index in [-0.39, 0.29) is 17.9 Å². The maximum Gasteiger partial charge on any atom is 0.271 e. The molecule has 8 nitrogen and oxygen atoms in total. The number of amides is 2. The van der Waals surface area contributed by atoms with Crippen LogP contribution in [0.4, 0.5) is 0 Å². The molecule has 1 rings (SSSR count). The largest absolute Gasteiger partial charge is 0.483 e. The molecule has 0 radical (unpaired) electrons. The molecule has 0 heterocycles. The smallest absolute Gasteiger partial charge is 0.271 e. The van der Waals surface area contributed by atoms with Gasteiger partial charge in [0.25, 0.3) is 5.91 Å². The van der Waals surface area contributed by atoms with E-state index in [1.165, 1.54) is 12.1 Å². The van der Waals surface area contributed by atoms with Crippen LogP contribution in [0.1, 0.15) is 11.7 Å². The number of hydrogen-bond acceptors (Lipinski definition) is 6. The molecular formula is C11H15N3O5. The minimum atomic E-state index is -1.77. The van der Waals surface area contributed by atoms with Gasteiger partial charge >= 0.3 is 0 Å². The number of aliphatic hydroxyl groups is 2. The summed E-state index contributed by atoms with van der Waals surface area (Å²) in [5.74, 6) is 3.39. The number of aliphatic hydroxyl groups excluding tert-OH is 2. The first kappa shape index (κ1) is 14.9. The molecule has 2 unspecified atom stereocenters. The first-order valence-electron chi connectivity index (χ1n) is 5.34. The Kier molecular flexibility index (Phi) is 5.24. The summed E-state index contributed by atoms with van der Waals surface area (Å²) in [6.45, 7) is -0.368. The van der Waals surface area contributed by atoms with Crippen LogP contribution in [0.25, 0.3) is 0 Å². The number of para-hydroxylation sites is 1. The van der Waals surface area contributed by atoms with Crippen molar-refractivity contribution in [2.45, 2.75) is 12.2 Å². The maximum absolute atomic E-state index is 11.0. The number of carbonyl (C=O) groups excluding carboxylic acids is 2. The fraction of sp³-hybridized carbons (Fsp3) is 0.273. The quantitative estimate of drug-likeness (QED) is 0.228. The Morgan fingerprint density at radius 1 is 1.32 bits per heavy atom. The number of rotatable bonds is 6. The van der Waals surface area contributed by atoms with Crippen LogP contribution in [-0.2, 0) is 9.59 Å². The summed E-state index contributed by atoms with van der Waals surface area (Å²) in [4.78, 5) is 21.8. The lowest BCUT2D eigenvalue weighted by Crippen LogP contribution is -2.35. The van der Waals surface area contributed by atoms with Gasteiger partial charge in [-0.1, -0.05) is 18.2 Å². The van der Waals surface area contributed by atoms with Gasteiger partial charge in [-0.3, -0.25) is 15.0 Å². The van der Waals surface area contributed by atoms with Gasteiger partial charge in [0.15, 0.2) is 12.7 Å². The number of benzene rings is 1. The predicted octanol–water partition coefficient (Wildman–Crippen LogP) is -2.07. The first-order valence-corrected chi connectivity index (χ1v) is 5.34. The lowest BCUT2D eigenvalue weighted by molar-refractivity contribution is -0.132. The third kappa shape index (κ3) is 3.91. The summed E-state index contributed by atoms with van der Waals surface area (Å²) in [5, 5.41) is 19.2. The highest BCUT2D eigenvalue weighted by Gasteiger charge is 2.26. The molecule has 2 amide bonds. The van der Waals surface area contributed by atoms with Gasteiger partial charge < -0.3 is 20.7 Å². The van der Waals surface area contributed by atoms with Crippen LogP contribution in [0.3, 0.4) is 0 Å². The molecule has 1 aromatic carbocycles. The van der Waals surface area contributed by atoms with E-state index in [9.17, 15) is 19.8 Å². The fourth-order valence-electron chi connectivity index (χ4n) is 1.37. The zero-order valence-electron chi connectivity index (χ0n) is 9.95. The average Bonchev–Trinajstić information content (AvgIpc) is 2.43. The molecule has 7 N–H and O–H groups in total. The molecule has 0 aromatic heterocycles. The lowest BCUT2D eigenvalue weighted by atomic mass is 10.0. The molecule has 0 aliphatic carbocycles. The molecule has 104 valence electrons. The van der Waals surface area contributed by atoms with Gasteiger partial charge in [0.1, 0.15) is 11.9 Å². The van der Waals surface area contributed by atoms with E-state index in [4.69, 9.17) is 16.3 Å². The summed E-state index contributed by atoms with van der Waals surface area (Å²) in [6, 6.07) is 6.08. The molecule has 2 atom stereocenters. The summed E-state index contributed by atoms with van der Waals surface area (Å²) >= 11 is 0. The van der Waals surface area contributed by atoms with Gasteiger partial charge in [-0.2, -0.15) is 0 Å². The minimum Gasteiger partial charge on any atom is -0.483 e. The van der Waals surface area contributed by atoms with E-state index in [0.29, 0.717) is 0 Å². The number of hydrazine groups is 1. The summed E-state index contributed by atoms with van der Waals surface area (Å²) in [5.41, 5.74) is 6.91. The fourth-order valence-corrected chi connectivity index (χ4v) is 1.37. The van der Waals surface area contributed by atoms with Gasteiger partial charge in [0, 0.05) is 5.56 Å². The molecule has 1 aromatic rings. The SMILES string of the molecule is NNC(=O)COc1ccccc1C(O)C(O)C(N)=O. The van der Waals surface area contributed by atoms with Crippen LogP contribution in [0.15, 0.2) is 24.3 Å². The van der Waals surface area contributed by atoms with Gasteiger partial charge in [0.05, 0.1) is 0 Å². The summed E-state index contributed by atoms with van der Waals surface area (Å²) in [7, 11) is 0. The zero-order valence-corrected chi connectivity index (χ0v) is 9.95. The highest BCUT2D eigenvalue weighted by Crippen LogP contribution is 2.27. The van der Waals surface area contributed by atoms with E-state index in [1.807, 2.05) is 5.43 Å². The average molecular weight is 269 g/mol. The van der Waals surface area contributed by atoms with E-state index >= 15 is 0 Å². The van der Waals surface area contributed by atoms with Crippen molar-refractivity contribution in [3.8, 4) is 5.75 Å². The lowest BCUT2D eigenvalue weighted by Gasteiger charge is -2.18. The number of nitrogens with two attached hydrogens (primary N) is 2. The number of nitrogens with one attached hydrogen (secondary N) is 1.